The van der Waals surface area contributed by atoms with E-state index in [4.69, 9.17) is 21.1 Å². The number of halogens is 2. The molecule has 8 nitrogen and oxygen atoms in total. The minimum absolute atomic E-state index is 0.109. The van der Waals surface area contributed by atoms with Crippen molar-refractivity contribution in [3.63, 3.8) is 0 Å². The molecule has 1 unspecified atom stereocenters. The number of imide groups is 1. The summed E-state index contributed by atoms with van der Waals surface area (Å²) in [5.74, 6) is 0.0632. The molecule has 178 valence electrons. The molecule has 1 fully saturated rings. The Labute approximate surface area is 197 Å². The molecule has 33 heavy (non-hydrogen) atoms. The van der Waals surface area contributed by atoms with Gasteiger partial charge in [0.25, 0.3) is 0 Å². The topological polar surface area (TPSA) is 83.1 Å². The van der Waals surface area contributed by atoms with E-state index < -0.39 is 24.2 Å². The number of nitrogens with zero attached hydrogens (tertiary/aromatic N) is 2. The van der Waals surface area contributed by atoms with Crippen LogP contribution in [0.4, 0.5) is 19.7 Å². The number of rotatable bonds is 8. The molecule has 4 amide bonds. The van der Waals surface area contributed by atoms with Crippen LogP contribution in [0, 0.1) is 5.82 Å². The van der Waals surface area contributed by atoms with Crippen molar-refractivity contribution in [3.05, 3.63) is 52.8 Å². The molecule has 0 aliphatic carbocycles. The normalized spacial score (nSPS) is 16.3. The number of carbonyl (C=O) groups is 2. The van der Waals surface area contributed by atoms with E-state index in [-0.39, 0.29) is 24.4 Å². The monoisotopic (exact) mass is 478 g/mol. The number of benzene rings is 2. The number of anilines is 1. The van der Waals surface area contributed by atoms with Gasteiger partial charge in [-0.25, -0.2) is 18.9 Å². The molecule has 2 aromatic carbocycles. The van der Waals surface area contributed by atoms with E-state index in [1.54, 1.807) is 52.0 Å². The Balaban J connectivity index is 1.91. The van der Waals surface area contributed by atoms with E-state index in [2.05, 4.69) is 10.6 Å². The van der Waals surface area contributed by atoms with E-state index in [0.29, 0.717) is 22.0 Å². The number of nitrogens with one attached hydrogen (secondary N) is 2. The summed E-state index contributed by atoms with van der Waals surface area (Å²) in [5.41, 5.74) is 1.06. The van der Waals surface area contributed by atoms with Gasteiger partial charge >= 0.3 is 12.1 Å². The molecular weight excluding hydrogens is 451 g/mol. The number of urea groups is 2. The maximum atomic E-state index is 14.5. The van der Waals surface area contributed by atoms with Gasteiger partial charge in [-0.05, 0) is 52.0 Å². The predicted octanol–water partition coefficient (Wildman–Crippen LogP) is 5.03. The summed E-state index contributed by atoms with van der Waals surface area (Å²) in [6, 6.07) is 8.05. The van der Waals surface area contributed by atoms with Crippen LogP contribution in [0.1, 0.15) is 33.3 Å². The van der Waals surface area contributed by atoms with Crippen molar-refractivity contribution >= 4 is 29.4 Å². The van der Waals surface area contributed by atoms with E-state index in [1.807, 2.05) is 0 Å². The number of amides is 4. The molecule has 0 radical (unpaired) electrons. The molecule has 0 aromatic heterocycles. The summed E-state index contributed by atoms with van der Waals surface area (Å²) < 4.78 is 25.3. The highest BCUT2D eigenvalue weighted by Gasteiger charge is 2.40. The molecule has 2 aromatic rings. The average Bonchev–Trinajstić information content (AvgIpc) is 2.73. The lowest BCUT2D eigenvalue weighted by Crippen LogP contribution is -2.68. The second kappa shape index (κ2) is 10.2. The van der Waals surface area contributed by atoms with Crippen molar-refractivity contribution in [1.29, 1.82) is 0 Å². The molecule has 1 aliphatic heterocycles. The van der Waals surface area contributed by atoms with Crippen molar-refractivity contribution in [3.8, 4) is 11.5 Å². The minimum Gasteiger partial charge on any atom is -0.496 e. The largest absolute Gasteiger partial charge is 0.496 e. The summed E-state index contributed by atoms with van der Waals surface area (Å²) in [6.07, 6.45) is -1.11. The number of hydrogen-bond acceptors (Lipinski definition) is 5. The van der Waals surface area contributed by atoms with E-state index in [0.717, 1.165) is 4.90 Å². The molecule has 1 aliphatic rings. The summed E-state index contributed by atoms with van der Waals surface area (Å²) in [5, 5.41) is 6.29. The van der Waals surface area contributed by atoms with Crippen LogP contribution in [0.5, 0.6) is 11.5 Å². The van der Waals surface area contributed by atoms with Crippen LogP contribution in [-0.4, -0.2) is 47.4 Å². The van der Waals surface area contributed by atoms with Gasteiger partial charge in [0.1, 0.15) is 5.75 Å². The molecule has 0 spiro atoms. The maximum Gasteiger partial charge on any atom is 0.331 e. The second-order valence-electron chi connectivity index (χ2n) is 8.14. The van der Waals surface area contributed by atoms with Gasteiger partial charge in [-0.15, -0.1) is 0 Å². The average molecular weight is 479 g/mol. The SMILES string of the molecule is COc1cc(Cl)ccc1CN1C(=O)N(C(C)C)C(=O)NC1Nc1ccc(OC(C)C)c(F)c1. The number of methoxy groups -OCH3 is 1. The fraction of sp³-hybridized carbons (Fsp3) is 0.391. The third-order valence-corrected chi connectivity index (χ3v) is 5.18. The van der Waals surface area contributed by atoms with E-state index >= 15 is 0 Å². The highest BCUT2D eigenvalue weighted by Crippen LogP contribution is 2.28. The Hall–Kier alpha value is -3.20. The molecular formula is C23H28ClFN4O4. The third kappa shape index (κ3) is 5.60. The zero-order valence-corrected chi connectivity index (χ0v) is 19.9. The van der Waals surface area contributed by atoms with Crippen LogP contribution in [0.25, 0.3) is 0 Å². The molecule has 1 heterocycles. The van der Waals surface area contributed by atoms with Gasteiger partial charge in [0.15, 0.2) is 17.9 Å². The number of ether oxygens (including phenoxy) is 2. The van der Waals surface area contributed by atoms with Crippen molar-refractivity contribution in [2.24, 2.45) is 0 Å². The van der Waals surface area contributed by atoms with Gasteiger partial charge in [-0.1, -0.05) is 17.7 Å². The van der Waals surface area contributed by atoms with Crippen LogP contribution in [-0.2, 0) is 6.54 Å². The van der Waals surface area contributed by atoms with Crippen molar-refractivity contribution < 1.29 is 23.5 Å². The van der Waals surface area contributed by atoms with Crippen LogP contribution in [0.2, 0.25) is 5.02 Å². The molecule has 10 heteroatoms. The lowest BCUT2D eigenvalue weighted by Gasteiger charge is -2.42. The van der Waals surface area contributed by atoms with Gasteiger partial charge in [-0.2, -0.15) is 0 Å². The Morgan fingerprint density at radius 1 is 1.12 bits per heavy atom. The Morgan fingerprint density at radius 2 is 1.85 bits per heavy atom. The molecule has 1 atom stereocenters. The lowest BCUT2D eigenvalue weighted by atomic mass is 10.1. The van der Waals surface area contributed by atoms with E-state index in [9.17, 15) is 14.0 Å². The first-order valence-electron chi connectivity index (χ1n) is 10.6. The summed E-state index contributed by atoms with van der Waals surface area (Å²) in [4.78, 5) is 28.5. The van der Waals surface area contributed by atoms with Crippen LogP contribution >= 0.6 is 11.6 Å². The Morgan fingerprint density at radius 3 is 2.45 bits per heavy atom. The summed E-state index contributed by atoms with van der Waals surface area (Å²) in [7, 11) is 1.51. The van der Waals surface area contributed by atoms with Gasteiger partial charge in [0.05, 0.1) is 19.8 Å². The fourth-order valence-corrected chi connectivity index (χ4v) is 3.62. The van der Waals surface area contributed by atoms with Crippen molar-refractivity contribution in [2.45, 2.75) is 52.7 Å². The van der Waals surface area contributed by atoms with Crippen LogP contribution in [0.3, 0.4) is 0 Å². The number of hydrogen-bond donors (Lipinski definition) is 2. The third-order valence-electron chi connectivity index (χ3n) is 4.95. The molecule has 3 rings (SSSR count). The van der Waals surface area contributed by atoms with Crippen LogP contribution < -0.4 is 20.1 Å². The van der Waals surface area contributed by atoms with Crippen molar-refractivity contribution in [1.82, 2.24) is 15.1 Å². The first kappa shape index (κ1) is 24.4. The maximum absolute atomic E-state index is 14.5. The van der Waals surface area contributed by atoms with Crippen molar-refractivity contribution in [2.75, 3.05) is 12.4 Å². The van der Waals surface area contributed by atoms with Gasteiger partial charge < -0.3 is 14.8 Å². The van der Waals surface area contributed by atoms with Gasteiger partial charge in [-0.3, -0.25) is 10.2 Å². The Kier molecular flexibility index (Phi) is 7.53. The van der Waals surface area contributed by atoms with Gasteiger partial charge in [0.2, 0.25) is 0 Å². The highest BCUT2D eigenvalue weighted by atomic mass is 35.5. The lowest BCUT2D eigenvalue weighted by molar-refractivity contribution is 0.0971. The first-order chi connectivity index (χ1) is 15.6. The highest BCUT2D eigenvalue weighted by molar-refractivity contribution is 6.30. The van der Waals surface area contributed by atoms with Gasteiger partial charge in [0, 0.05) is 28.4 Å². The molecule has 0 bridgehead atoms. The second-order valence-corrected chi connectivity index (χ2v) is 8.58. The molecule has 0 saturated carbocycles. The zero-order valence-electron chi connectivity index (χ0n) is 19.2. The molecule has 2 N–H and O–H groups in total. The smallest absolute Gasteiger partial charge is 0.331 e. The standard InChI is InChI=1S/C23H28ClFN4O4/c1-13(2)29-22(30)27-21(26-17-8-9-19(18(25)11-17)33-14(3)4)28(23(29)31)12-15-6-7-16(24)10-20(15)32-5/h6-11,13-14,21,26H,12H2,1-5H3,(H,27,30). The zero-order chi connectivity index (χ0) is 24.3. The Bertz CT molecular complexity index is 1030. The quantitative estimate of drug-likeness (QED) is 0.556. The summed E-state index contributed by atoms with van der Waals surface area (Å²) in [6.45, 7) is 7.21. The minimum atomic E-state index is -0.934. The van der Waals surface area contributed by atoms with Crippen LogP contribution in [0.15, 0.2) is 36.4 Å². The molecule has 1 saturated heterocycles. The number of carbonyl (C=O) groups excluding carboxylic acids is 2. The predicted molar refractivity (Wildman–Crippen MR) is 124 cm³/mol. The fourth-order valence-electron chi connectivity index (χ4n) is 3.46. The van der Waals surface area contributed by atoms with E-state index in [1.165, 1.54) is 24.1 Å². The summed E-state index contributed by atoms with van der Waals surface area (Å²) >= 11 is 6.06. The first-order valence-corrected chi connectivity index (χ1v) is 10.9.